The highest BCUT2D eigenvalue weighted by Crippen LogP contribution is 2.24. The molecule has 22 heavy (non-hydrogen) atoms. The minimum absolute atomic E-state index is 0.123. The Kier molecular flexibility index (Phi) is 5.58. The van der Waals surface area contributed by atoms with Crippen LogP contribution in [0.25, 0.3) is 0 Å². The highest BCUT2D eigenvalue weighted by atomic mass is 32.2. The van der Waals surface area contributed by atoms with Crippen molar-refractivity contribution in [2.45, 2.75) is 64.3 Å². The summed E-state index contributed by atoms with van der Waals surface area (Å²) in [6.45, 7) is 15.7. The predicted octanol–water partition coefficient (Wildman–Crippen LogP) is 1.61. The van der Waals surface area contributed by atoms with E-state index in [-0.39, 0.29) is 10.8 Å². The van der Waals surface area contributed by atoms with Crippen LogP contribution < -0.4 is 0 Å². The second-order valence-corrected chi connectivity index (χ2v) is 10.1. The number of rotatable bonds is 3. The summed E-state index contributed by atoms with van der Waals surface area (Å²) in [5.41, 5.74) is 0.123. The first-order valence-corrected chi connectivity index (χ1v) is 10.1. The van der Waals surface area contributed by atoms with E-state index in [1.807, 2.05) is 0 Å². The summed E-state index contributed by atoms with van der Waals surface area (Å²) < 4.78 is 27.5. The van der Waals surface area contributed by atoms with E-state index in [2.05, 4.69) is 44.4 Å². The molecule has 130 valence electrons. The van der Waals surface area contributed by atoms with Gasteiger partial charge in [-0.3, -0.25) is 4.90 Å². The second kappa shape index (κ2) is 6.75. The quantitative estimate of drug-likeness (QED) is 0.788. The topological polar surface area (TPSA) is 43.9 Å². The van der Waals surface area contributed by atoms with Crippen LogP contribution in [-0.2, 0) is 10.0 Å². The van der Waals surface area contributed by atoms with E-state index in [0.29, 0.717) is 19.1 Å². The molecular formula is C16H33N3O2S. The monoisotopic (exact) mass is 331 g/mol. The lowest BCUT2D eigenvalue weighted by molar-refractivity contribution is 0.0911. The van der Waals surface area contributed by atoms with Crippen molar-refractivity contribution in [2.24, 2.45) is 0 Å². The number of hydrogen-bond acceptors (Lipinski definition) is 4. The lowest BCUT2D eigenvalue weighted by Crippen LogP contribution is -2.56. The maximum atomic E-state index is 12.9. The van der Waals surface area contributed by atoms with Crippen molar-refractivity contribution in [1.29, 1.82) is 0 Å². The average Bonchev–Trinajstić information content (AvgIpc) is 2.46. The van der Waals surface area contributed by atoms with Crippen molar-refractivity contribution in [3.8, 4) is 0 Å². The van der Waals surface area contributed by atoms with Crippen LogP contribution in [0.4, 0.5) is 0 Å². The number of hydrogen-bond donors (Lipinski definition) is 0. The van der Waals surface area contributed by atoms with Gasteiger partial charge in [0.25, 0.3) is 0 Å². The molecule has 0 spiro atoms. The summed E-state index contributed by atoms with van der Waals surface area (Å²) in [6, 6.07) is 0.513. The third-order valence-electron chi connectivity index (χ3n) is 5.18. The standard InChI is InChI=1S/C16H33N3O2S/c1-14(2)17-8-6-15(7-9-17)22(20,21)19-12-10-18(11-13-19)16(3,4)5/h14-15H,6-13H2,1-5H3. The Balaban J connectivity index is 1.92. The van der Waals surface area contributed by atoms with Crippen LogP contribution in [0.2, 0.25) is 0 Å². The molecule has 6 heteroatoms. The molecule has 0 amide bonds. The van der Waals surface area contributed by atoms with E-state index in [1.54, 1.807) is 4.31 Å². The van der Waals surface area contributed by atoms with Gasteiger partial charge in [-0.05, 0) is 60.5 Å². The molecule has 2 heterocycles. The van der Waals surface area contributed by atoms with E-state index >= 15 is 0 Å². The maximum Gasteiger partial charge on any atom is 0.217 e. The van der Waals surface area contributed by atoms with Gasteiger partial charge < -0.3 is 4.90 Å². The van der Waals surface area contributed by atoms with Crippen molar-refractivity contribution >= 4 is 10.0 Å². The Morgan fingerprint density at radius 2 is 1.41 bits per heavy atom. The Labute approximate surface area is 136 Å². The van der Waals surface area contributed by atoms with Gasteiger partial charge >= 0.3 is 0 Å². The van der Waals surface area contributed by atoms with Gasteiger partial charge in [0.1, 0.15) is 0 Å². The highest BCUT2D eigenvalue weighted by Gasteiger charge is 2.37. The summed E-state index contributed by atoms with van der Waals surface area (Å²) in [6.07, 6.45) is 1.56. The van der Waals surface area contributed by atoms with E-state index in [1.165, 1.54) is 0 Å². The maximum absolute atomic E-state index is 12.9. The zero-order valence-corrected chi connectivity index (χ0v) is 15.7. The summed E-state index contributed by atoms with van der Waals surface area (Å²) in [7, 11) is -3.12. The molecular weight excluding hydrogens is 298 g/mol. The van der Waals surface area contributed by atoms with Crippen LogP contribution in [0, 0.1) is 0 Å². The first-order valence-electron chi connectivity index (χ1n) is 8.60. The number of likely N-dealkylation sites (tertiary alicyclic amines) is 1. The molecule has 0 N–H and O–H groups in total. The van der Waals surface area contributed by atoms with Crippen molar-refractivity contribution < 1.29 is 8.42 Å². The summed E-state index contributed by atoms with van der Waals surface area (Å²) in [5, 5.41) is -0.177. The normalized spacial score (nSPS) is 25.0. The van der Waals surface area contributed by atoms with Gasteiger partial charge in [-0.2, -0.15) is 4.31 Å². The third-order valence-corrected chi connectivity index (χ3v) is 7.57. The molecule has 0 aromatic rings. The summed E-state index contributed by atoms with van der Waals surface area (Å²) in [4.78, 5) is 4.75. The van der Waals surface area contributed by atoms with Gasteiger partial charge in [0.05, 0.1) is 5.25 Å². The smallest absolute Gasteiger partial charge is 0.217 e. The van der Waals surface area contributed by atoms with Gasteiger partial charge in [0, 0.05) is 37.8 Å². The molecule has 2 saturated heterocycles. The largest absolute Gasteiger partial charge is 0.301 e. The van der Waals surface area contributed by atoms with Crippen LogP contribution in [0.5, 0.6) is 0 Å². The minimum Gasteiger partial charge on any atom is -0.301 e. The molecule has 2 fully saturated rings. The molecule has 0 bridgehead atoms. The Bertz CT molecular complexity index is 454. The van der Waals surface area contributed by atoms with Crippen molar-refractivity contribution in [2.75, 3.05) is 39.3 Å². The van der Waals surface area contributed by atoms with Crippen LogP contribution >= 0.6 is 0 Å². The molecule has 0 aliphatic carbocycles. The fraction of sp³-hybridized carbons (Fsp3) is 1.00. The van der Waals surface area contributed by atoms with Crippen LogP contribution in [0.15, 0.2) is 0 Å². The zero-order valence-electron chi connectivity index (χ0n) is 14.9. The fourth-order valence-electron chi connectivity index (χ4n) is 3.51. The van der Waals surface area contributed by atoms with Crippen molar-refractivity contribution in [3.63, 3.8) is 0 Å². The minimum atomic E-state index is -3.12. The number of piperidine rings is 1. The first kappa shape index (κ1) is 18.2. The molecule has 0 atom stereocenters. The number of sulfonamides is 1. The van der Waals surface area contributed by atoms with E-state index < -0.39 is 10.0 Å². The molecule has 0 unspecified atom stereocenters. The molecule has 0 aromatic carbocycles. The van der Waals surface area contributed by atoms with Gasteiger partial charge in [-0.25, -0.2) is 8.42 Å². The summed E-state index contributed by atoms with van der Waals surface area (Å²) >= 11 is 0. The molecule has 2 rings (SSSR count). The number of piperazine rings is 1. The van der Waals surface area contributed by atoms with Gasteiger partial charge in [-0.1, -0.05) is 0 Å². The number of nitrogens with zero attached hydrogens (tertiary/aromatic N) is 3. The van der Waals surface area contributed by atoms with E-state index in [0.717, 1.165) is 39.0 Å². The Hall–Kier alpha value is -0.170. The Morgan fingerprint density at radius 1 is 0.909 bits per heavy atom. The lowest BCUT2D eigenvalue weighted by atomic mass is 10.1. The van der Waals surface area contributed by atoms with Crippen molar-refractivity contribution in [3.05, 3.63) is 0 Å². The van der Waals surface area contributed by atoms with E-state index in [4.69, 9.17) is 0 Å². The molecule has 0 aromatic heterocycles. The fourth-order valence-corrected chi connectivity index (χ4v) is 5.41. The van der Waals surface area contributed by atoms with Gasteiger partial charge in [0.2, 0.25) is 10.0 Å². The van der Waals surface area contributed by atoms with Crippen LogP contribution in [0.1, 0.15) is 47.5 Å². The molecule has 0 saturated carbocycles. The molecule has 2 aliphatic rings. The van der Waals surface area contributed by atoms with Gasteiger partial charge in [-0.15, -0.1) is 0 Å². The molecule has 5 nitrogen and oxygen atoms in total. The van der Waals surface area contributed by atoms with E-state index in [9.17, 15) is 8.42 Å². The first-order chi connectivity index (χ1) is 10.1. The summed E-state index contributed by atoms with van der Waals surface area (Å²) in [5.74, 6) is 0. The molecule has 2 aliphatic heterocycles. The highest BCUT2D eigenvalue weighted by molar-refractivity contribution is 7.89. The SMILES string of the molecule is CC(C)N1CCC(S(=O)(=O)N2CCN(C(C)(C)C)CC2)CC1. The Morgan fingerprint density at radius 3 is 1.82 bits per heavy atom. The second-order valence-electron chi connectivity index (χ2n) is 7.93. The van der Waals surface area contributed by atoms with Crippen molar-refractivity contribution in [1.82, 2.24) is 14.1 Å². The third kappa shape index (κ3) is 4.02. The molecule has 0 radical (unpaired) electrons. The lowest BCUT2D eigenvalue weighted by Gasteiger charge is -2.43. The zero-order chi connectivity index (χ0) is 16.5. The van der Waals surface area contributed by atoms with Crippen LogP contribution in [-0.4, -0.2) is 78.6 Å². The predicted molar refractivity (Wildman–Crippen MR) is 91.5 cm³/mol. The average molecular weight is 332 g/mol. The van der Waals surface area contributed by atoms with Crippen LogP contribution in [0.3, 0.4) is 0 Å². The van der Waals surface area contributed by atoms with Gasteiger partial charge in [0.15, 0.2) is 0 Å².